The number of hydrogen-bond acceptors (Lipinski definition) is 5. The van der Waals surface area contributed by atoms with Crippen LogP contribution in [0.2, 0.25) is 5.02 Å². The van der Waals surface area contributed by atoms with Crippen LogP contribution in [0.3, 0.4) is 0 Å². The van der Waals surface area contributed by atoms with Crippen molar-refractivity contribution in [1.29, 1.82) is 0 Å². The summed E-state index contributed by atoms with van der Waals surface area (Å²) >= 11 is 6.24. The highest BCUT2D eigenvalue weighted by molar-refractivity contribution is 6.33. The SMILES string of the molecule is O=C(Nc1cnc2ccc(-c3ccccc3Cl)nn12)c1cnccn1. The molecule has 3 aromatic heterocycles. The van der Waals surface area contributed by atoms with E-state index in [4.69, 9.17) is 11.6 Å². The molecule has 0 aliphatic carbocycles. The molecule has 7 nitrogen and oxygen atoms in total. The fourth-order valence-electron chi connectivity index (χ4n) is 2.37. The summed E-state index contributed by atoms with van der Waals surface area (Å²) in [4.78, 5) is 24.4. The van der Waals surface area contributed by atoms with Gasteiger partial charge in [0.05, 0.1) is 23.1 Å². The molecule has 3 heterocycles. The van der Waals surface area contributed by atoms with Crippen LogP contribution in [-0.4, -0.2) is 30.5 Å². The highest BCUT2D eigenvalue weighted by atomic mass is 35.5. The number of fused-ring (bicyclic) bond motifs is 1. The van der Waals surface area contributed by atoms with Gasteiger partial charge in [-0.1, -0.05) is 29.8 Å². The predicted octanol–water partition coefficient (Wildman–Crippen LogP) is 3.09. The molecule has 4 aromatic rings. The van der Waals surface area contributed by atoms with Crippen molar-refractivity contribution in [2.45, 2.75) is 0 Å². The first kappa shape index (κ1) is 15.2. The molecule has 122 valence electrons. The van der Waals surface area contributed by atoms with E-state index in [1.54, 1.807) is 10.6 Å². The number of amides is 1. The molecular weight excluding hydrogens is 340 g/mol. The number of carbonyl (C=O) groups is 1. The number of hydrogen-bond donors (Lipinski definition) is 1. The lowest BCUT2D eigenvalue weighted by molar-refractivity contribution is 0.102. The van der Waals surface area contributed by atoms with Crippen molar-refractivity contribution >= 4 is 29.0 Å². The van der Waals surface area contributed by atoms with Crippen molar-refractivity contribution in [1.82, 2.24) is 24.6 Å². The predicted molar refractivity (Wildman–Crippen MR) is 93.4 cm³/mol. The summed E-state index contributed by atoms with van der Waals surface area (Å²) in [6, 6.07) is 11.1. The molecule has 0 atom stereocenters. The molecule has 1 N–H and O–H groups in total. The first-order chi connectivity index (χ1) is 12.2. The van der Waals surface area contributed by atoms with Gasteiger partial charge in [0.2, 0.25) is 0 Å². The lowest BCUT2D eigenvalue weighted by atomic mass is 10.1. The van der Waals surface area contributed by atoms with E-state index < -0.39 is 0 Å². The zero-order valence-corrected chi connectivity index (χ0v) is 13.6. The zero-order chi connectivity index (χ0) is 17.2. The zero-order valence-electron chi connectivity index (χ0n) is 12.8. The molecule has 8 heteroatoms. The minimum Gasteiger partial charge on any atom is -0.304 e. The Morgan fingerprint density at radius 1 is 1.04 bits per heavy atom. The van der Waals surface area contributed by atoms with E-state index in [-0.39, 0.29) is 11.6 Å². The van der Waals surface area contributed by atoms with Crippen molar-refractivity contribution in [3.8, 4) is 11.3 Å². The molecule has 0 fully saturated rings. The second-order valence-corrected chi connectivity index (χ2v) is 5.56. The van der Waals surface area contributed by atoms with Gasteiger partial charge in [-0.2, -0.15) is 9.61 Å². The van der Waals surface area contributed by atoms with Crippen LogP contribution in [0.4, 0.5) is 5.82 Å². The van der Waals surface area contributed by atoms with Crippen LogP contribution in [0.5, 0.6) is 0 Å². The smallest absolute Gasteiger partial charge is 0.277 e. The monoisotopic (exact) mass is 350 g/mol. The summed E-state index contributed by atoms with van der Waals surface area (Å²) in [5.41, 5.74) is 2.28. The van der Waals surface area contributed by atoms with Crippen LogP contribution in [-0.2, 0) is 0 Å². The Kier molecular flexibility index (Phi) is 3.83. The summed E-state index contributed by atoms with van der Waals surface area (Å²) in [6.07, 6.45) is 5.88. The van der Waals surface area contributed by atoms with Crippen molar-refractivity contribution in [3.05, 3.63) is 71.9 Å². The maximum Gasteiger partial charge on any atom is 0.277 e. The number of halogens is 1. The topological polar surface area (TPSA) is 85.1 Å². The number of nitrogens with one attached hydrogen (secondary N) is 1. The molecule has 0 saturated heterocycles. The first-order valence-corrected chi connectivity index (χ1v) is 7.77. The molecule has 0 unspecified atom stereocenters. The number of aromatic nitrogens is 5. The summed E-state index contributed by atoms with van der Waals surface area (Å²) in [6.45, 7) is 0. The fourth-order valence-corrected chi connectivity index (χ4v) is 2.60. The third-order valence-corrected chi connectivity index (χ3v) is 3.88. The van der Waals surface area contributed by atoms with E-state index in [1.165, 1.54) is 24.8 Å². The third kappa shape index (κ3) is 2.92. The minimum atomic E-state index is -0.389. The van der Waals surface area contributed by atoms with E-state index in [2.05, 4.69) is 25.4 Å². The number of nitrogens with zero attached hydrogens (tertiary/aromatic N) is 5. The molecule has 0 bridgehead atoms. The highest BCUT2D eigenvalue weighted by Gasteiger charge is 2.13. The fraction of sp³-hybridized carbons (Fsp3) is 0. The average Bonchev–Trinajstić information content (AvgIpc) is 3.05. The lowest BCUT2D eigenvalue weighted by Gasteiger charge is -2.06. The average molecular weight is 351 g/mol. The summed E-state index contributed by atoms with van der Waals surface area (Å²) in [7, 11) is 0. The van der Waals surface area contributed by atoms with Gasteiger partial charge in [0.25, 0.3) is 5.91 Å². The van der Waals surface area contributed by atoms with Gasteiger partial charge in [0, 0.05) is 18.0 Å². The lowest BCUT2D eigenvalue weighted by Crippen LogP contribution is -2.15. The molecule has 0 aliphatic heterocycles. The molecule has 1 aromatic carbocycles. The Labute approximate surface area is 147 Å². The van der Waals surface area contributed by atoms with Gasteiger partial charge in [-0.05, 0) is 18.2 Å². The number of benzene rings is 1. The minimum absolute atomic E-state index is 0.208. The van der Waals surface area contributed by atoms with Gasteiger partial charge < -0.3 is 5.32 Å². The van der Waals surface area contributed by atoms with Crippen molar-refractivity contribution < 1.29 is 4.79 Å². The van der Waals surface area contributed by atoms with Crippen LogP contribution in [0.1, 0.15) is 10.5 Å². The first-order valence-electron chi connectivity index (χ1n) is 7.39. The normalized spacial score (nSPS) is 10.8. The van der Waals surface area contributed by atoms with Crippen molar-refractivity contribution in [2.75, 3.05) is 5.32 Å². The summed E-state index contributed by atoms with van der Waals surface area (Å²) < 4.78 is 1.55. The van der Waals surface area contributed by atoms with Crippen molar-refractivity contribution in [3.63, 3.8) is 0 Å². The Morgan fingerprint density at radius 3 is 2.72 bits per heavy atom. The second-order valence-electron chi connectivity index (χ2n) is 5.16. The van der Waals surface area contributed by atoms with Crippen LogP contribution in [0.25, 0.3) is 16.9 Å². The van der Waals surface area contributed by atoms with Gasteiger partial charge >= 0.3 is 0 Å². The Balaban J connectivity index is 1.72. The Bertz CT molecular complexity index is 1060. The molecule has 0 spiro atoms. The van der Waals surface area contributed by atoms with E-state index in [1.807, 2.05) is 30.3 Å². The van der Waals surface area contributed by atoms with E-state index in [0.29, 0.717) is 22.2 Å². The maximum atomic E-state index is 12.3. The van der Waals surface area contributed by atoms with Crippen LogP contribution >= 0.6 is 11.6 Å². The standard InChI is InChI=1S/C17H11ClN6O/c18-12-4-2-1-3-11(12)13-5-6-15-21-10-16(24(15)23-13)22-17(25)14-9-19-7-8-20-14/h1-10H,(H,22,25). The third-order valence-electron chi connectivity index (χ3n) is 3.55. The van der Waals surface area contributed by atoms with Gasteiger partial charge in [-0.15, -0.1) is 0 Å². The number of carbonyl (C=O) groups excluding carboxylic acids is 1. The van der Waals surface area contributed by atoms with Gasteiger partial charge in [-0.3, -0.25) is 9.78 Å². The number of anilines is 1. The van der Waals surface area contributed by atoms with Gasteiger partial charge in [-0.25, -0.2) is 9.97 Å². The molecule has 0 aliphatic rings. The largest absolute Gasteiger partial charge is 0.304 e. The van der Waals surface area contributed by atoms with E-state index in [9.17, 15) is 4.79 Å². The molecule has 1 amide bonds. The van der Waals surface area contributed by atoms with Gasteiger partial charge in [0.15, 0.2) is 11.5 Å². The van der Waals surface area contributed by atoms with E-state index >= 15 is 0 Å². The second kappa shape index (κ2) is 6.29. The highest BCUT2D eigenvalue weighted by Crippen LogP contribution is 2.26. The Morgan fingerprint density at radius 2 is 1.92 bits per heavy atom. The van der Waals surface area contributed by atoms with Crippen molar-refractivity contribution in [2.24, 2.45) is 0 Å². The quantitative estimate of drug-likeness (QED) is 0.613. The molecule has 4 rings (SSSR count). The molecule has 0 saturated carbocycles. The molecule has 0 radical (unpaired) electrons. The van der Waals surface area contributed by atoms with Crippen LogP contribution < -0.4 is 5.32 Å². The number of rotatable bonds is 3. The molecular formula is C17H11ClN6O. The Hall–Kier alpha value is -3.32. The van der Waals surface area contributed by atoms with Gasteiger partial charge in [0.1, 0.15) is 5.69 Å². The number of imidazole rings is 1. The summed E-state index contributed by atoms with van der Waals surface area (Å²) in [5.74, 6) is 0.0411. The maximum absolute atomic E-state index is 12.3. The van der Waals surface area contributed by atoms with Crippen LogP contribution in [0.15, 0.2) is 61.2 Å². The molecule has 25 heavy (non-hydrogen) atoms. The summed E-state index contributed by atoms with van der Waals surface area (Å²) in [5, 5.41) is 7.87. The van der Waals surface area contributed by atoms with Crippen LogP contribution in [0, 0.1) is 0 Å². The van der Waals surface area contributed by atoms with E-state index in [0.717, 1.165) is 5.56 Å².